The van der Waals surface area contributed by atoms with E-state index in [1.54, 1.807) is 12.5 Å². The van der Waals surface area contributed by atoms with Crippen molar-refractivity contribution in [3.63, 3.8) is 0 Å². The number of hydrogen-bond acceptors (Lipinski definition) is 2. The van der Waals surface area contributed by atoms with Crippen LogP contribution in [-0.4, -0.2) is 0 Å². The minimum atomic E-state index is -0.246. The van der Waals surface area contributed by atoms with Crippen molar-refractivity contribution in [1.29, 1.82) is 5.26 Å². The molecule has 12 heavy (non-hydrogen) atoms. The summed E-state index contributed by atoms with van der Waals surface area (Å²) in [5, 5.41) is 8.90. The van der Waals surface area contributed by atoms with Gasteiger partial charge in [0, 0.05) is 0 Å². The van der Waals surface area contributed by atoms with Crippen molar-refractivity contribution in [3.8, 4) is 6.07 Å². The summed E-state index contributed by atoms with van der Waals surface area (Å²) in [5.74, 6) is 0. The second kappa shape index (κ2) is 3.44. The molecule has 1 aromatic heterocycles. The van der Waals surface area contributed by atoms with Crippen LogP contribution in [-0.2, 0) is 6.42 Å². The highest BCUT2D eigenvalue weighted by molar-refractivity contribution is 5.12. The van der Waals surface area contributed by atoms with Gasteiger partial charge in [0.1, 0.15) is 0 Å². The molecule has 1 rings (SSSR count). The van der Waals surface area contributed by atoms with E-state index in [9.17, 15) is 0 Å². The zero-order valence-corrected chi connectivity index (χ0v) is 7.50. The van der Waals surface area contributed by atoms with Crippen molar-refractivity contribution in [3.05, 3.63) is 24.2 Å². The van der Waals surface area contributed by atoms with Gasteiger partial charge < -0.3 is 4.42 Å². The molecule has 64 valence electrons. The van der Waals surface area contributed by atoms with Gasteiger partial charge in [0.25, 0.3) is 0 Å². The van der Waals surface area contributed by atoms with E-state index in [1.165, 1.54) is 0 Å². The van der Waals surface area contributed by atoms with Crippen molar-refractivity contribution in [1.82, 2.24) is 0 Å². The highest BCUT2D eigenvalue weighted by Gasteiger charge is 2.21. The molecular formula is C10H13NO. The Morgan fingerprint density at radius 3 is 2.83 bits per heavy atom. The number of furan rings is 1. The average molecular weight is 163 g/mol. The van der Waals surface area contributed by atoms with E-state index in [0.29, 0.717) is 0 Å². The van der Waals surface area contributed by atoms with Gasteiger partial charge in [-0.2, -0.15) is 5.26 Å². The molecule has 2 heteroatoms. The highest BCUT2D eigenvalue weighted by atomic mass is 16.3. The number of nitriles is 1. The monoisotopic (exact) mass is 163 g/mol. The zero-order chi connectivity index (χ0) is 9.03. The predicted octanol–water partition coefficient (Wildman–Crippen LogP) is 2.76. The smallest absolute Gasteiger partial charge is 0.0935 e. The summed E-state index contributed by atoms with van der Waals surface area (Å²) in [4.78, 5) is 0. The third-order valence-electron chi connectivity index (χ3n) is 2.22. The summed E-state index contributed by atoms with van der Waals surface area (Å²) in [6.45, 7) is 4.00. The molecule has 0 radical (unpaired) electrons. The number of nitrogens with zero attached hydrogens (tertiary/aromatic N) is 1. The minimum Gasteiger partial charge on any atom is -0.472 e. The summed E-state index contributed by atoms with van der Waals surface area (Å²) in [6.07, 6.45) is 4.99. The summed E-state index contributed by atoms with van der Waals surface area (Å²) >= 11 is 0. The first-order valence-electron chi connectivity index (χ1n) is 4.12. The molecule has 0 N–H and O–H groups in total. The van der Waals surface area contributed by atoms with Crippen LogP contribution >= 0.6 is 0 Å². The van der Waals surface area contributed by atoms with Crippen LogP contribution in [0.2, 0.25) is 0 Å². The fourth-order valence-corrected chi connectivity index (χ4v) is 1.09. The summed E-state index contributed by atoms with van der Waals surface area (Å²) in [7, 11) is 0. The second-order valence-corrected chi connectivity index (χ2v) is 3.33. The van der Waals surface area contributed by atoms with Crippen LogP contribution < -0.4 is 0 Å². The molecular weight excluding hydrogens is 150 g/mol. The van der Waals surface area contributed by atoms with Crippen LogP contribution in [0.4, 0.5) is 0 Å². The third kappa shape index (κ3) is 1.88. The van der Waals surface area contributed by atoms with Gasteiger partial charge in [0.2, 0.25) is 0 Å². The van der Waals surface area contributed by atoms with E-state index in [4.69, 9.17) is 9.68 Å². The average Bonchev–Trinajstić information content (AvgIpc) is 2.57. The molecule has 0 saturated carbocycles. The van der Waals surface area contributed by atoms with E-state index >= 15 is 0 Å². The largest absolute Gasteiger partial charge is 0.472 e. The molecule has 0 bridgehead atoms. The van der Waals surface area contributed by atoms with Gasteiger partial charge in [-0.15, -0.1) is 0 Å². The Balaban J connectivity index is 2.68. The van der Waals surface area contributed by atoms with E-state index in [1.807, 2.05) is 19.9 Å². The van der Waals surface area contributed by atoms with Gasteiger partial charge in [-0.25, -0.2) is 0 Å². The Morgan fingerprint density at radius 2 is 2.42 bits per heavy atom. The van der Waals surface area contributed by atoms with Crippen molar-refractivity contribution >= 4 is 0 Å². The molecule has 0 aliphatic carbocycles. The van der Waals surface area contributed by atoms with Crippen LogP contribution in [0.15, 0.2) is 23.0 Å². The van der Waals surface area contributed by atoms with Crippen LogP contribution in [0.1, 0.15) is 25.8 Å². The molecule has 1 unspecified atom stereocenters. The highest BCUT2D eigenvalue weighted by Crippen LogP contribution is 2.25. The van der Waals surface area contributed by atoms with Crippen molar-refractivity contribution in [2.75, 3.05) is 0 Å². The predicted molar refractivity (Wildman–Crippen MR) is 46.4 cm³/mol. The Bertz CT molecular complexity index is 271. The third-order valence-corrected chi connectivity index (χ3v) is 2.22. The number of rotatable bonds is 3. The molecule has 0 spiro atoms. The Labute approximate surface area is 72.8 Å². The molecule has 0 aliphatic rings. The molecule has 1 heterocycles. The molecule has 1 aromatic rings. The lowest BCUT2D eigenvalue weighted by Gasteiger charge is -2.17. The molecule has 0 aliphatic heterocycles. The van der Waals surface area contributed by atoms with E-state index in [2.05, 4.69) is 6.07 Å². The van der Waals surface area contributed by atoms with Gasteiger partial charge in [-0.1, -0.05) is 6.92 Å². The Hall–Kier alpha value is -1.23. The van der Waals surface area contributed by atoms with Gasteiger partial charge in [0.15, 0.2) is 0 Å². The quantitative estimate of drug-likeness (QED) is 0.687. The first kappa shape index (κ1) is 8.86. The SMILES string of the molecule is CCC(C)(C#N)Cc1ccoc1. The van der Waals surface area contributed by atoms with Crippen LogP contribution in [0.3, 0.4) is 0 Å². The second-order valence-electron chi connectivity index (χ2n) is 3.33. The van der Waals surface area contributed by atoms with Gasteiger partial charge >= 0.3 is 0 Å². The van der Waals surface area contributed by atoms with E-state index in [-0.39, 0.29) is 5.41 Å². The minimum absolute atomic E-state index is 0.246. The van der Waals surface area contributed by atoms with Gasteiger partial charge in [0.05, 0.1) is 24.0 Å². The molecule has 1 atom stereocenters. The normalized spacial score (nSPS) is 15.1. The summed E-state index contributed by atoms with van der Waals surface area (Å²) < 4.78 is 4.94. The van der Waals surface area contributed by atoms with Crippen LogP contribution in [0, 0.1) is 16.7 Å². The van der Waals surface area contributed by atoms with Crippen LogP contribution in [0.25, 0.3) is 0 Å². The summed E-state index contributed by atoms with van der Waals surface area (Å²) in [5.41, 5.74) is 0.852. The van der Waals surface area contributed by atoms with Crippen LogP contribution in [0.5, 0.6) is 0 Å². The maximum Gasteiger partial charge on any atom is 0.0935 e. The Morgan fingerprint density at radius 1 is 1.67 bits per heavy atom. The standard InChI is InChI=1S/C10H13NO/c1-3-10(2,8-11)6-9-4-5-12-7-9/h4-5,7H,3,6H2,1-2H3. The maximum atomic E-state index is 8.90. The molecule has 0 fully saturated rings. The molecule has 0 saturated heterocycles. The first-order chi connectivity index (χ1) is 5.70. The summed E-state index contributed by atoms with van der Waals surface area (Å²) in [6, 6.07) is 4.23. The molecule has 0 aromatic carbocycles. The molecule has 2 nitrogen and oxygen atoms in total. The lowest BCUT2D eigenvalue weighted by molar-refractivity contribution is 0.420. The van der Waals surface area contributed by atoms with Crippen molar-refractivity contribution in [2.45, 2.75) is 26.7 Å². The van der Waals surface area contributed by atoms with Gasteiger partial charge in [-0.3, -0.25) is 0 Å². The lowest BCUT2D eigenvalue weighted by atomic mass is 9.83. The van der Waals surface area contributed by atoms with Gasteiger partial charge in [-0.05, 0) is 31.4 Å². The van der Waals surface area contributed by atoms with Crippen molar-refractivity contribution < 1.29 is 4.42 Å². The van der Waals surface area contributed by atoms with E-state index < -0.39 is 0 Å². The number of hydrogen-bond donors (Lipinski definition) is 0. The van der Waals surface area contributed by atoms with Crippen molar-refractivity contribution in [2.24, 2.45) is 5.41 Å². The Kier molecular flexibility index (Phi) is 2.54. The fourth-order valence-electron chi connectivity index (χ4n) is 1.09. The fraction of sp³-hybridized carbons (Fsp3) is 0.500. The zero-order valence-electron chi connectivity index (χ0n) is 7.50. The molecule has 0 amide bonds. The topological polar surface area (TPSA) is 36.9 Å². The first-order valence-corrected chi connectivity index (χ1v) is 4.12. The maximum absolute atomic E-state index is 8.90. The lowest BCUT2D eigenvalue weighted by Crippen LogP contribution is -2.15. The van der Waals surface area contributed by atoms with E-state index in [0.717, 1.165) is 18.4 Å².